The molecule has 0 aliphatic carbocycles. The number of anilines is 1. The molecule has 1 atom stereocenters. The van der Waals surface area contributed by atoms with Crippen molar-refractivity contribution in [3.8, 4) is 0 Å². The normalized spacial score (nSPS) is 22.0. The molecule has 1 aromatic heterocycles. The Hall–Kier alpha value is -1.27. The first-order valence-corrected chi connectivity index (χ1v) is 10.7. The van der Waals surface area contributed by atoms with Crippen LogP contribution in [0.3, 0.4) is 0 Å². The van der Waals surface area contributed by atoms with Gasteiger partial charge in [0.2, 0.25) is 5.91 Å². The van der Waals surface area contributed by atoms with E-state index in [0.29, 0.717) is 24.3 Å². The smallest absolute Gasteiger partial charge is 0.224 e. The summed E-state index contributed by atoms with van der Waals surface area (Å²) in [6, 6.07) is 6.44. The Labute approximate surface area is 155 Å². The van der Waals surface area contributed by atoms with Crippen LogP contribution in [0.5, 0.6) is 0 Å². The van der Waals surface area contributed by atoms with Gasteiger partial charge in [-0.3, -0.25) is 4.79 Å². The summed E-state index contributed by atoms with van der Waals surface area (Å²) in [5.74, 6) is 4.22. The van der Waals surface area contributed by atoms with E-state index in [0.717, 1.165) is 62.9 Å². The Bertz CT molecular complexity index is 527. The van der Waals surface area contributed by atoms with Crippen LogP contribution in [0, 0.1) is 5.92 Å². The van der Waals surface area contributed by atoms with Crippen molar-refractivity contribution in [3.63, 3.8) is 0 Å². The first-order chi connectivity index (χ1) is 12.3. The minimum atomic E-state index is 0.314. The van der Waals surface area contributed by atoms with Crippen LogP contribution >= 0.6 is 11.8 Å². The molecular weight excluding hydrogens is 332 g/mol. The van der Waals surface area contributed by atoms with Gasteiger partial charge in [-0.1, -0.05) is 6.07 Å². The van der Waals surface area contributed by atoms with E-state index in [9.17, 15) is 4.79 Å². The van der Waals surface area contributed by atoms with Crippen LogP contribution in [0.1, 0.15) is 26.2 Å². The van der Waals surface area contributed by atoms with Gasteiger partial charge in [-0.05, 0) is 37.8 Å². The highest BCUT2D eigenvalue weighted by molar-refractivity contribution is 7.99. The summed E-state index contributed by atoms with van der Waals surface area (Å²) in [6.45, 7) is 6.93. The van der Waals surface area contributed by atoms with Gasteiger partial charge in [-0.15, -0.1) is 0 Å². The lowest BCUT2D eigenvalue weighted by molar-refractivity contribution is -0.132. The van der Waals surface area contributed by atoms with Crippen LogP contribution in [0.4, 0.5) is 5.82 Å². The number of rotatable bonds is 6. The van der Waals surface area contributed by atoms with Gasteiger partial charge in [0.15, 0.2) is 0 Å². The Morgan fingerprint density at radius 1 is 1.40 bits per heavy atom. The van der Waals surface area contributed by atoms with Crippen molar-refractivity contribution in [1.29, 1.82) is 0 Å². The van der Waals surface area contributed by atoms with Crippen LogP contribution < -0.4 is 10.2 Å². The number of aromatic nitrogens is 1. The third-order valence-electron chi connectivity index (χ3n) is 5.22. The molecule has 0 saturated carbocycles. The molecule has 3 rings (SSSR count). The third kappa shape index (κ3) is 5.35. The summed E-state index contributed by atoms with van der Waals surface area (Å²) in [7, 11) is 0. The molecule has 0 bridgehead atoms. The molecule has 25 heavy (non-hydrogen) atoms. The van der Waals surface area contributed by atoms with Crippen LogP contribution in [-0.2, 0) is 4.79 Å². The molecule has 0 spiro atoms. The lowest BCUT2D eigenvalue weighted by Crippen LogP contribution is -2.45. The molecule has 3 heterocycles. The van der Waals surface area contributed by atoms with Crippen molar-refractivity contribution in [1.82, 2.24) is 15.2 Å². The fraction of sp³-hybridized carbons (Fsp3) is 0.684. The number of pyridine rings is 1. The molecule has 2 aliphatic rings. The number of hydrogen-bond donors (Lipinski definition) is 1. The zero-order chi connectivity index (χ0) is 17.5. The lowest BCUT2D eigenvalue weighted by atomic mass is 9.96. The van der Waals surface area contributed by atoms with E-state index < -0.39 is 0 Å². The van der Waals surface area contributed by atoms with Crippen LogP contribution in [0.25, 0.3) is 0 Å². The summed E-state index contributed by atoms with van der Waals surface area (Å²) in [5.41, 5.74) is 0. The van der Waals surface area contributed by atoms with Gasteiger partial charge in [0, 0.05) is 62.9 Å². The van der Waals surface area contributed by atoms with E-state index in [2.05, 4.69) is 33.1 Å². The maximum atomic E-state index is 12.7. The number of piperidine rings is 1. The van der Waals surface area contributed by atoms with E-state index in [1.54, 1.807) is 0 Å². The Morgan fingerprint density at radius 3 is 2.88 bits per heavy atom. The van der Waals surface area contributed by atoms with Gasteiger partial charge < -0.3 is 15.1 Å². The van der Waals surface area contributed by atoms with E-state index in [1.807, 2.05) is 30.1 Å². The molecular formula is C19H30N4OS. The molecule has 1 unspecified atom stereocenters. The third-order valence-corrected chi connectivity index (χ3v) is 6.35. The zero-order valence-electron chi connectivity index (χ0n) is 15.2. The largest absolute Gasteiger partial charge is 0.357 e. The highest BCUT2D eigenvalue weighted by Gasteiger charge is 2.25. The standard InChI is InChI=1S/C19H30N4OS/c1-2-22(19(24)13-17-15-25-12-9-20-17)14-16-6-10-23(11-7-16)18-5-3-4-8-21-18/h3-5,8,16-17,20H,2,6-7,9-15H2,1H3. The van der Waals surface area contributed by atoms with Gasteiger partial charge >= 0.3 is 0 Å². The second-order valence-electron chi connectivity index (χ2n) is 6.98. The van der Waals surface area contributed by atoms with Crippen LogP contribution in [0.15, 0.2) is 24.4 Å². The zero-order valence-corrected chi connectivity index (χ0v) is 16.0. The second-order valence-corrected chi connectivity index (χ2v) is 8.13. The predicted molar refractivity (Wildman–Crippen MR) is 105 cm³/mol. The summed E-state index contributed by atoms with van der Waals surface area (Å²) in [6.07, 6.45) is 4.78. The number of hydrogen-bond acceptors (Lipinski definition) is 5. The fourth-order valence-corrected chi connectivity index (χ4v) is 4.64. The molecule has 0 radical (unpaired) electrons. The van der Waals surface area contributed by atoms with Gasteiger partial charge in [-0.2, -0.15) is 11.8 Å². The highest BCUT2D eigenvalue weighted by atomic mass is 32.2. The Morgan fingerprint density at radius 2 is 2.24 bits per heavy atom. The van der Waals surface area contributed by atoms with Crippen molar-refractivity contribution in [2.24, 2.45) is 5.92 Å². The molecule has 1 aromatic rings. The molecule has 2 fully saturated rings. The first kappa shape index (κ1) is 18.5. The summed E-state index contributed by atoms with van der Waals surface area (Å²) in [4.78, 5) is 21.5. The molecule has 2 aliphatic heterocycles. The van der Waals surface area contributed by atoms with Gasteiger partial charge in [0.05, 0.1) is 0 Å². The molecule has 0 aromatic carbocycles. The Balaban J connectivity index is 1.45. The van der Waals surface area contributed by atoms with Crippen molar-refractivity contribution >= 4 is 23.5 Å². The molecule has 6 heteroatoms. The van der Waals surface area contributed by atoms with Crippen molar-refractivity contribution in [3.05, 3.63) is 24.4 Å². The van der Waals surface area contributed by atoms with Gasteiger partial charge in [0.25, 0.3) is 0 Å². The van der Waals surface area contributed by atoms with E-state index >= 15 is 0 Å². The summed E-state index contributed by atoms with van der Waals surface area (Å²) in [5, 5.41) is 3.47. The minimum Gasteiger partial charge on any atom is -0.357 e. The van der Waals surface area contributed by atoms with Crippen molar-refractivity contribution in [2.75, 3.05) is 49.1 Å². The van der Waals surface area contributed by atoms with Gasteiger partial charge in [0.1, 0.15) is 5.82 Å². The van der Waals surface area contributed by atoms with Crippen LogP contribution in [0.2, 0.25) is 0 Å². The highest BCUT2D eigenvalue weighted by Crippen LogP contribution is 2.23. The topological polar surface area (TPSA) is 48.5 Å². The SMILES string of the molecule is CCN(CC1CCN(c2ccccn2)CC1)C(=O)CC1CSCCN1. The maximum Gasteiger partial charge on any atom is 0.224 e. The minimum absolute atomic E-state index is 0.314. The second kappa shape index (κ2) is 9.43. The summed E-state index contributed by atoms with van der Waals surface area (Å²) < 4.78 is 0. The molecule has 1 amide bonds. The molecule has 1 N–H and O–H groups in total. The first-order valence-electron chi connectivity index (χ1n) is 9.51. The van der Waals surface area contributed by atoms with E-state index in [1.165, 1.54) is 0 Å². The number of nitrogens with one attached hydrogen (secondary N) is 1. The number of amides is 1. The Kier molecular flexibility index (Phi) is 6.99. The van der Waals surface area contributed by atoms with E-state index in [-0.39, 0.29) is 0 Å². The number of carbonyl (C=O) groups excluding carboxylic acids is 1. The number of nitrogens with zero attached hydrogens (tertiary/aromatic N) is 3. The molecule has 2 saturated heterocycles. The maximum absolute atomic E-state index is 12.7. The average Bonchev–Trinajstić information content (AvgIpc) is 2.68. The monoisotopic (exact) mass is 362 g/mol. The fourth-order valence-electron chi connectivity index (χ4n) is 3.70. The number of thioether (sulfide) groups is 1. The average molecular weight is 363 g/mol. The van der Waals surface area contributed by atoms with Crippen molar-refractivity contribution in [2.45, 2.75) is 32.2 Å². The lowest BCUT2D eigenvalue weighted by Gasteiger charge is -2.35. The van der Waals surface area contributed by atoms with Gasteiger partial charge in [-0.25, -0.2) is 4.98 Å². The van der Waals surface area contributed by atoms with Crippen molar-refractivity contribution < 1.29 is 4.79 Å². The number of carbonyl (C=O) groups is 1. The predicted octanol–water partition coefficient (Wildman–Crippen LogP) is 2.24. The molecule has 138 valence electrons. The quantitative estimate of drug-likeness (QED) is 0.841. The van der Waals surface area contributed by atoms with E-state index in [4.69, 9.17) is 0 Å². The summed E-state index contributed by atoms with van der Waals surface area (Å²) >= 11 is 1.95. The molecule has 5 nitrogen and oxygen atoms in total. The van der Waals surface area contributed by atoms with Crippen LogP contribution in [-0.4, -0.2) is 66.1 Å².